The number of amides is 1. The zero-order valence-corrected chi connectivity index (χ0v) is 14.4. The highest BCUT2D eigenvalue weighted by Gasteiger charge is 2.43. The maximum atomic E-state index is 12.7. The normalized spacial score (nSPS) is 30.7. The van der Waals surface area contributed by atoms with Crippen molar-refractivity contribution >= 4 is 16.1 Å². The Balaban J connectivity index is 1.68. The minimum absolute atomic E-state index is 0.0800. The molecule has 0 bridgehead atoms. The molecule has 0 unspecified atom stereocenters. The van der Waals surface area contributed by atoms with Crippen molar-refractivity contribution in [2.75, 3.05) is 39.3 Å². The summed E-state index contributed by atoms with van der Waals surface area (Å²) in [6.07, 6.45) is 4.44. The Morgan fingerprint density at radius 1 is 1.09 bits per heavy atom. The van der Waals surface area contributed by atoms with E-state index in [1.165, 1.54) is 0 Å². The van der Waals surface area contributed by atoms with Crippen LogP contribution in [0.1, 0.15) is 38.5 Å². The molecule has 7 nitrogen and oxygen atoms in total. The number of likely N-dealkylation sites (tertiary alicyclic amines) is 1. The molecule has 132 valence electrons. The van der Waals surface area contributed by atoms with Crippen LogP contribution in [0.2, 0.25) is 0 Å². The van der Waals surface area contributed by atoms with Gasteiger partial charge in [0.1, 0.15) is 0 Å². The zero-order valence-electron chi connectivity index (χ0n) is 13.6. The van der Waals surface area contributed by atoms with Crippen molar-refractivity contribution in [1.29, 1.82) is 0 Å². The first-order valence-corrected chi connectivity index (χ1v) is 10.1. The molecule has 1 N–H and O–H groups in total. The second-order valence-electron chi connectivity index (χ2n) is 6.79. The summed E-state index contributed by atoms with van der Waals surface area (Å²) in [5.74, 6) is 0.369. The number of piperidine rings is 2. The van der Waals surface area contributed by atoms with E-state index in [2.05, 4.69) is 0 Å². The van der Waals surface area contributed by atoms with Gasteiger partial charge in [0.15, 0.2) is 0 Å². The highest BCUT2D eigenvalue weighted by atomic mass is 32.2. The minimum Gasteiger partial charge on any atom is -0.396 e. The van der Waals surface area contributed by atoms with E-state index < -0.39 is 10.2 Å². The second kappa shape index (κ2) is 7.04. The maximum Gasteiger partial charge on any atom is 0.281 e. The van der Waals surface area contributed by atoms with Crippen molar-refractivity contribution < 1.29 is 18.3 Å². The SMILES string of the molecule is O=C1CC[C@H]2CN(S(=O)(=O)N3CCCC3)CC[C@H]2N1CCCO. The molecule has 0 aromatic carbocycles. The molecule has 2 atom stereocenters. The zero-order chi connectivity index (χ0) is 16.4. The third-order valence-electron chi connectivity index (χ3n) is 5.38. The molecule has 3 aliphatic heterocycles. The van der Waals surface area contributed by atoms with Crippen LogP contribution in [-0.4, -0.2) is 78.3 Å². The topological polar surface area (TPSA) is 81.2 Å². The Morgan fingerprint density at radius 3 is 2.52 bits per heavy atom. The quantitative estimate of drug-likeness (QED) is 0.762. The molecule has 0 saturated carbocycles. The van der Waals surface area contributed by atoms with Crippen LogP contribution in [0.4, 0.5) is 0 Å². The van der Waals surface area contributed by atoms with Gasteiger partial charge in [-0.25, -0.2) is 0 Å². The highest BCUT2D eigenvalue weighted by Crippen LogP contribution is 2.33. The largest absolute Gasteiger partial charge is 0.396 e. The molecule has 3 heterocycles. The molecule has 3 fully saturated rings. The van der Waals surface area contributed by atoms with Gasteiger partial charge in [0.05, 0.1) is 0 Å². The summed E-state index contributed by atoms with van der Waals surface area (Å²) in [7, 11) is -3.34. The molecular weight excluding hydrogens is 318 g/mol. The standard InChI is InChI=1S/C15H27N3O4S/c19-11-3-9-18-14-6-10-17(12-13(14)4-5-15(18)20)23(21,22)16-7-1-2-8-16/h13-14,19H,1-12H2/t13-,14+/m0/s1. The predicted molar refractivity (Wildman–Crippen MR) is 85.8 cm³/mol. The van der Waals surface area contributed by atoms with E-state index in [4.69, 9.17) is 5.11 Å². The van der Waals surface area contributed by atoms with E-state index in [-0.39, 0.29) is 24.5 Å². The van der Waals surface area contributed by atoms with Crippen LogP contribution in [0.15, 0.2) is 0 Å². The van der Waals surface area contributed by atoms with E-state index in [0.29, 0.717) is 52.0 Å². The summed E-state index contributed by atoms with van der Waals surface area (Å²) in [6.45, 7) is 2.93. The van der Waals surface area contributed by atoms with Gasteiger partial charge in [0.25, 0.3) is 10.2 Å². The molecule has 0 aliphatic carbocycles. The van der Waals surface area contributed by atoms with E-state index >= 15 is 0 Å². The van der Waals surface area contributed by atoms with Crippen molar-refractivity contribution in [1.82, 2.24) is 13.5 Å². The molecule has 3 aliphatic rings. The van der Waals surface area contributed by atoms with Crippen LogP contribution in [0.5, 0.6) is 0 Å². The van der Waals surface area contributed by atoms with Gasteiger partial charge in [-0.2, -0.15) is 17.0 Å². The first-order chi connectivity index (χ1) is 11.0. The minimum atomic E-state index is -3.34. The monoisotopic (exact) mass is 345 g/mol. The number of hydrogen-bond donors (Lipinski definition) is 1. The van der Waals surface area contributed by atoms with E-state index in [0.717, 1.165) is 19.3 Å². The maximum absolute atomic E-state index is 12.7. The first kappa shape index (κ1) is 17.1. The molecule has 3 saturated heterocycles. The fraction of sp³-hybridized carbons (Fsp3) is 0.933. The molecule has 0 spiro atoms. The van der Waals surface area contributed by atoms with Crippen LogP contribution < -0.4 is 0 Å². The second-order valence-corrected chi connectivity index (χ2v) is 8.72. The predicted octanol–water partition coefficient (Wildman–Crippen LogP) is 0.0223. The van der Waals surface area contributed by atoms with Crippen LogP contribution in [0.25, 0.3) is 0 Å². The van der Waals surface area contributed by atoms with Crippen molar-refractivity contribution in [3.63, 3.8) is 0 Å². The van der Waals surface area contributed by atoms with Crippen molar-refractivity contribution in [2.45, 2.75) is 44.6 Å². The summed E-state index contributed by atoms with van der Waals surface area (Å²) < 4.78 is 28.7. The van der Waals surface area contributed by atoms with Gasteiger partial charge in [0.2, 0.25) is 5.91 Å². The summed E-state index contributed by atoms with van der Waals surface area (Å²) >= 11 is 0. The highest BCUT2D eigenvalue weighted by molar-refractivity contribution is 7.86. The lowest BCUT2D eigenvalue weighted by Crippen LogP contribution is -2.58. The number of aliphatic hydroxyl groups is 1. The summed E-state index contributed by atoms with van der Waals surface area (Å²) in [6, 6.07) is 0.132. The van der Waals surface area contributed by atoms with Gasteiger partial charge < -0.3 is 10.0 Å². The van der Waals surface area contributed by atoms with Gasteiger partial charge in [-0.3, -0.25) is 4.79 Å². The third kappa shape index (κ3) is 3.40. The van der Waals surface area contributed by atoms with Crippen LogP contribution in [0.3, 0.4) is 0 Å². The summed E-state index contributed by atoms with van der Waals surface area (Å²) in [4.78, 5) is 14.0. The number of rotatable bonds is 5. The fourth-order valence-corrected chi connectivity index (χ4v) is 5.90. The van der Waals surface area contributed by atoms with Crippen LogP contribution >= 0.6 is 0 Å². The van der Waals surface area contributed by atoms with Crippen molar-refractivity contribution in [3.05, 3.63) is 0 Å². The van der Waals surface area contributed by atoms with Crippen LogP contribution in [0, 0.1) is 5.92 Å². The number of fused-ring (bicyclic) bond motifs is 1. The molecule has 0 aromatic rings. The number of hydrogen-bond acceptors (Lipinski definition) is 4. The van der Waals surface area contributed by atoms with Crippen LogP contribution in [-0.2, 0) is 15.0 Å². The molecule has 0 radical (unpaired) electrons. The summed E-state index contributed by atoms with van der Waals surface area (Å²) in [5.41, 5.74) is 0. The molecule has 3 rings (SSSR count). The van der Waals surface area contributed by atoms with Gasteiger partial charge in [-0.05, 0) is 38.0 Å². The molecule has 0 aromatic heterocycles. The molecule has 1 amide bonds. The van der Waals surface area contributed by atoms with Gasteiger partial charge in [-0.1, -0.05) is 0 Å². The van der Waals surface area contributed by atoms with Gasteiger partial charge in [-0.15, -0.1) is 0 Å². The van der Waals surface area contributed by atoms with Gasteiger partial charge in [0, 0.05) is 51.8 Å². The molecule has 8 heteroatoms. The van der Waals surface area contributed by atoms with E-state index in [9.17, 15) is 13.2 Å². The van der Waals surface area contributed by atoms with Crippen molar-refractivity contribution in [2.24, 2.45) is 5.92 Å². The Morgan fingerprint density at radius 2 is 1.83 bits per heavy atom. The third-order valence-corrected chi connectivity index (χ3v) is 7.38. The van der Waals surface area contributed by atoms with E-state index in [1.807, 2.05) is 4.90 Å². The number of carbonyl (C=O) groups is 1. The lowest BCUT2D eigenvalue weighted by atomic mass is 9.84. The first-order valence-electron chi connectivity index (χ1n) is 8.69. The summed E-state index contributed by atoms with van der Waals surface area (Å²) in [5, 5.41) is 9.02. The Kier molecular flexibility index (Phi) is 5.25. The lowest BCUT2D eigenvalue weighted by Gasteiger charge is -2.47. The number of carbonyl (C=O) groups excluding carboxylic acids is 1. The average Bonchev–Trinajstić information content (AvgIpc) is 3.09. The molecule has 23 heavy (non-hydrogen) atoms. The Bertz CT molecular complexity index is 533. The smallest absolute Gasteiger partial charge is 0.281 e. The Labute approximate surface area is 138 Å². The van der Waals surface area contributed by atoms with Gasteiger partial charge >= 0.3 is 0 Å². The average molecular weight is 345 g/mol. The Hall–Kier alpha value is -0.700. The molecular formula is C15H27N3O4S. The fourth-order valence-electron chi connectivity index (χ4n) is 4.14. The van der Waals surface area contributed by atoms with E-state index in [1.54, 1.807) is 8.61 Å². The lowest BCUT2D eigenvalue weighted by molar-refractivity contribution is -0.140. The number of aliphatic hydroxyl groups excluding tert-OH is 1. The number of nitrogens with zero attached hydrogens (tertiary/aromatic N) is 3. The van der Waals surface area contributed by atoms with Crippen molar-refractivity contribution in [3.8, 4) is 0 Å².